The Hall–Kier alpha value is -2.19. The zero-order chi connectivity index (χ0) is 15.6. The smallest absolute Gasteiger partial charge is 0.354 e. The zero-order valence-corrected chi connectivity index (χ0v) is 11.7. The highest BCUT2D eigenvalue weighted by molar-refractivity contribution is 7.99. The Morgan fingerprint density at radius 3 is 2.76 bits per heavy atom. The summed E-state index contributed by atoms with van der Waals surface area (Å²) in [6, 6.07) is 4.56. The van der Waals surface area contributed by atoms with Gasteiger partial charge in [0.15, 0.2) is 0 Å². The van der Waals surface area contributed by atoms with Gasteiger partial charge in [-0.1, -0.05) is 23.4 Å². The predicted molar refractivity (Wildman–Crippen MR) is 73.4 cm³/mol. The lowest BCUT2D eigenvalue weighted by Gasteiger charge is -2.05. The van der Waals surface area contributed by atoms with Crippen molar-refractivity contribution in [3.05, 3.63) is 57.1 Å². The van der Waals surface area contributed by atoms with Gasteiger partial charge >= 0.3 is 5.97 Å². The fourth-order valence-electron chi connectivity index (χ4n) is 1.46. The number of carboxylic acid groups (broad SMARTS) is 1. The van der Waals surface area contributed by atoms with Crippen LogP contribution in [-0.4, -0.2) is 21.0 Å². The Bertz CT molecular complexity index is 741. The number of carbonyl (C=O) groups is 1. The van der Waals surface area contributed by atoms with E-state index in [9.17, 15) is 19.3 Å². The van der Waals surface area contributed by atoms with E-state index >= 15 is 0 Å². The molecular weight excluding hydrogens is 323 g/mol. The molecule has 6 nitrogen and oxygen atoms in total. The van der Waals surface area contributed by atoms with Crippen molar-refractivity contribution in [2.45, 2.75) is 9.79 Å². The van der Waals surface area contributed by atoms with Crippen LogP contribution >= 0.6 is 23.4 Å². The zero-order valence-electron chi connectivity index (χ0n) is 10.1. The molecule has 21 heavy (non-hydrogen) atoms. The average Bonchev–Trinajstić information content (AvgIpc) is 2.42. The van der Waals surface area contributed by atoms with E-state index in [1.165, 1.54) is 18.3 Å². The second-order valence-corrected chi connectivity index (χ2v) is 5.30. The summed E-state index contributed by atoms with van der Waals surface area (Å²) in [4.78, 5) is 25.1. The van der Waals surface area contributed by atoms with Gasteiger partial charge in [0, 0.05) is 17.2 Å². The summed E-state index contributed by atoms with van der Waals surface area (Å²) in [5.41, 5.74) is -0.572. The van der Waals surface area contributed by atoms with Crippen molar-refractivity contribution >= 4 is 35.0 Å². The Balaban J connectivity index is 2.43. The number of hydrogen-bond acceptors (Lipinski definition) is 5. The number of rotatable bonds is 4. The number of aromatic nitrogens is 1. The Morgan fingerprint density at radius 2 is 2.14 bits per heavy atom. The Morgan fingerprint density at radius 1 is 1.43 bits per heavy atom. The van der Waals surface area contributed by atoms with E-state index in [1.807, 2.05) is 0 Å². The first-order valence-electron chi connectivity index (χ1n) is 5.39. The lowest BCUT2D eigenvalue weighted by atomic mass is 10.3. The molecular formula is C12H6ClFN2O4S. The van der Waals surface area contributed by atoms with Gasteiger partial charge in [-0.25, -0.2) is 14.2 Å². The molecule has 0 saturated carbocycles. The van der Waals surface area contributed by atoms with Crippen LogP contribution in [0.25, 0.3) is 0 Å². The minimum Gasteiger partial charge on any atom is -0.477 e. The molecule has 0 aliphatic carbocycles. The molecule has 2 rings (SSSR count). The first-order valence-corrected chi connectivity index (χ1v) is 6.58. The molecule has 0 atom stereocenters. The third-order valence-electron chi connectivity index (χ3n) is 2.38. The lowest BCUT2D eigenvalue weighted by molar-refractivity contribution is -0.387. The second-order valence-electron chi connectivity index (χ2n) is 3.78. The van der Waals surface area contributed by atoms with E-state index < -0.39 is 16.7 Å². The van der Waals surface area contributed by atoms with E-state index in [4.69, 9.17) is 16.7 Å². The van der Waals surface area contributed by atoms with Gasteiger partial charge < -0.3 is 5.11 Å². The van der Waals surface area contributed by atoms with Crippen molar-refractivity contribution in [2.24, 2.45) is 0 Å². The molecule has 0 bridgehead atoms. The molecule has 2 aromatic rings. The summed E-state index contributed by atoms with van der Waals surface area (Å²) in [6.07, 6.45) is 1.25. The number of nitrogens with zero attached hydrogens (tertiary/aromatic N) is 2. The van der Waals surface area contributed by atoms with E-state index in [0.29, 0.717) is 4.90 Å². The maximum Gasteiger partial charge on any atom is 0.354 e. The van der Waals surface area contributed by atoms with Crippen LogP contribution in [-0.2, 0) is 0 Å². The Labute approximate surface area is 126 Å². The van der Waals surface area contributed by atoms with Crippen molar-refractivity contribution in [2.75, 3.05) is 0 Å². The highest BCUT2D eigenvalue weighted by Gasteiger charge is 2.19. The predicted octanol–water partition coefficient (Wildman–Crippen LogP) is 3.63. The summed E-state index contributed by atoms with van der Waals surface area (Å²) in [6.45, 7) is 0. The molecule has 0 saturated heterocycles. The number of nitro benzene ring substituents is 1. The minimum absolute atomic E-state index is 0.0180. The number of halogens is 2. The van der Waals surface area contributed by atoms with Gasteiger partial charge in [-0.3, -0.25) is 10.1 Å². The molecule has 0 spiro atoms. The van der Waals surface area contributed by atoms with Crippen LogP contribution in [0.4, 0.5) is 10.1 Å². The van der Waals surface area contributed by atoms with Crippen LogP contribution in [0.2, 0.25) is 5.02 Å². The molecule has 0 unspecified atom stereocenters. The molecule has 0 fully saturated rings. The van der Waals surface area contributed by atoms with Gasteiger partial charge in [0.1, 0.15) is 11.5 Å². The number of aromatic carboxylic acids is 1. The standard InChI is InChI=1S/C12H6ClFN2O4S/c13-7-4-10(16(19)20)11(5-8(7)14)21-6-1-2-15-9(3-6)12(17)18/h1-5H,(H,17,18). The molecule has 0 amide bonds. The van der Waals surface area contributed by atoms with Crippen molar-refractivity contribution < 1.29 is 19.2 Å². The number of nitro groups is 1. The van der Waals surface area contributed by atoms with Gasteiger partial charge in [0.25, 0.3) is 5.69 Å². The van der Waals surface area contributed by atoms with Crippen LogP contribution in [0.15, 0.2) is 40.3 Å². The van der Waals surface area contributed by atoms with Crippen molar-refractivity contribution in [1.29, 1.82) is 0 Å². The van der Waals surface area contributed by atoms with Gasteiger partial charge in [-0.2, -0.15) is 0 Å². The fraction of sp³-hybridized carbons (Fsp3) is 0. The average molecular weight is 329 g/mol. The monoisotopic (exact) mass is 328 g/mol. The highest BCUT2D eigenvalue weighted by atomic mass is 35.5. The number of pyridine rings is 1. The van der Waals surface area contributed by atoms with E-state index in [2.05, 4.69) is 4.98 Å². The summed E-state index contributed by atoms with van der Waals surface area (Å²) < 4.78 is 13.5. The molecule has 1 aromatic carbocycles. The number of hydrogen-bond donors (Lipinski definition) is 1. The van der Waals surface area contributed by atoms with Gasteiger partial charge in [0.05, 0.1) is 14.8 Å². The molecule has 1 heterocycles. The quantitative estimate of drug-likeness (QED) is 0.680. The maximum absolute atomic E-state index is 13.5. The molecule has 1 aromatic heterocycles. The third-order valence-corrected chi connectivity index (χ3v) is 3.70. The second kappa shape index (κ2) is 6.06. The van der Waals surface area contributed by atoms with E-state index in [0.717, 1.165) is 23.9 Å². The van der Waals surface area contributed by atoms with Gasteiger partial charge in [-0.05, 0) is 18.2 Å². The SMILES string of the molecule is O=C(O)c1cc(Sc2cc(F)c(Cl)cc2[N+](=O)[O-])ccn1. The highest BCUT2D eigenvalue weighted by Crippen LogP contribution is 2.37. The van der Waals surface area contributed by atoms with E-state index in [1.54, 1.807) is 0 Å². The van der Waals surface area contributed by atoms with Crippen LogP contribution in [0, 0.1) is 15.9 Å². The fourth-order valence-corrected chi connectivity index (χ4v) is 2.57. The van der Waals surface area contributed by atoms with Crippen LogP contribution in [0.5, 0.6) is 0 Å². The van der Waals surface area contributed by atoms with Crippen molar-refractivity contribution in [1.82, 2.24) is 4.98 Å². The maximum atomic E-state index is 13.5. The first kappa shape index (κ1) is 15.2. The van der Waals surface area contributed by atoms with Crippen molar-refractivity contribution in [3.8, 4) is 0 Å². The number of carboxylic acids is 1. The molecule has 0 aliphatic heterocycles. The molecule has 0 aliphatic rings. The van der Waals surface area contributed by atoms with Crippen LogP contribution < -0.4 is 0 Å². The summed E-state index contributed by atoms with van der Waals surface area (Å²) in [7, 11) is 0. The van der Waals surface area contributed by atoms with Gasteiger partial charge in [0.2, 0.25) is 0 Å². The van der Waals surface area contributed by atoms with E-state index in [-0.39, 0.29) is 21.3 Å². The first-order chi connectivity index (χ1) is 9.88. The topological polar surface area (TPSA) is 93.3 Å². The van der Waals surface area contributed by atoms with Crippen molar-refractivity contribution in [3.63, 3.8) is 0 Å². The van der Waals surface area contributed by atoms with Crippen LogP contribution in [0.3, 0.4) is 0 Å². The molecule has 1 N–H and O–H groups in total. The van der Waals surface area contributed by atoms with Gasteiger partial charge in [-0.15, -0.1) is 0 Å². The summed E-state index contributed by atoms with van der Waals surface area (Å²) in [5, 5.41) is 19.4. The minimum atomic E-state index is -1.23. The normalized spacial score (nSPS) is 10.4. The Kier molecular flexibility index (Phi) is 4.39. The molecule has 9 heteroatoms. The largest absolute Gasteiger partial charge is 0.477 e. The lowest BCUT2D eigenvalue weighted by Crippen LogP contribution is -1.99. The summed E-state index contributed by atoms with van der Waals surface area (Å²) in [5.74, 6) is -2.02. The molecule has 108 valence electrons. The van der Waals surface area contributed by atoms with Crippen LogP contribution in [0.1, 0.15) is 10.5 Å². The molecule has 0 radical (unpaired) electrons. The number of benzene rings is 1. The third kappa shape index (κ3) is 3.47. The summed E-state index contributed by atoms with van der Waals surface area (Å²) >= 11 is 6.38.